The summed E-state index contributed by atoms with van der Waals surface area (Å²) < 4.78 is 8.62. The summed E-state index contributed by atoms with van der Waals surface area (Å²) in [5.41, 5.74) is 0.972. The molecule has 0 saturated carbocycles. The molecule has 1 heterocycles. The molecule has 0 aliphatic heterocycles. The Hall–Kier alpha value is -0.820. The maximum absolute atomic E-state index is 11.8. The fourth-order valence-electron chi connectivity index (χ4n) is 1.51. The van der Waals surface area contributed by atoms with Crippen LogP contribution >= 0.6 is 38.5 Å². The maximum Gasteiger partial charge on any atom is 0.268 e. The predicted molar refractivity (Wildman–Crippen MR) is 82.9 cm³/mol. The average molecular weight is 420 g/mol. The Bertz CT molecular complexity index is 610. The van der Waals surface area contributed by atoms with Crippen LogP contribution in [0.1, 0.15) is 5.56 Å². The zero-order valence-electron chi connectivity index (χ0n) is 9.69. The largest absolute Gasteiger partial charge is 0.486 e. The summed E-state index contributed by atoms with van der Waals surface area (Å²) in [6, 6.07) is 9.86. The lowest BCUT2D eigenvalue weighted by molar-refractivity contribution is 0.300. The molecule has 5 heteroatoms. The van der Waals surface area contributed by atoms with Gasteiger partial charge in [-0.3, -0.25) is 4.79 Å². The lowest BCUT2D eigenvalue weighted by atomic mass is 10.2. The number of nitrogens with zero attached hydrogens (tertiary/aromatic N) is 1. The van der Waals surface area contributed by atoms with Crippen LogP contribution in [0.25, 0.3) is 0 Å². The molecular weight excluding hydrogens is 409 g/mol. The number of benzene rings is 1. The van der Waals surface area contributed by atoms with Gasteiger partial charge in [0.15, 0.2) is 5.75 Å². The van der Waals surface area contributed by atoms with Crippen molar-refractivity contribution in [3.05, 3.63) is 60.5 Å². The first-order valence-electron chi connectivity index (χ1n) is 5.31. The molecule has 94 valence electrons. The number of aromatic nitrogens is 1. The number of aryl methyl sites for hydroxylation is 1. The summed E-state index contributed by atoms with van der Waals surface area (Å²) in [4.78, 5) is 11.8. The van der Waals surface area contributed by atoms with E-state index >= 15 is 0 Å². The summed E-state index contributed by atoms with van der Waals surface area (Å²) >= 11 is 5.45. The first kappa shape index (κ1) is 13.6. The highest BCUT2D eigenvalue weighted by Crippen LogP contribution is 2.27. The third-order valence-corrected chi connectivity index (χ3v) is 3.93. The molecule has 0 saturated heterocycles. The van der Waals surface area contributed by atoms with Gasteiger partial charge in [-0.15, -0.1) is 0 Å². The number of pyridine rings is 1. The van der Waals surface area contributed by atoms with E-state index in [0.29, 0.717) is 16.8 Å². The lowest BCUT2D eigenvalue weighted by Crippen LogP contribution is -2.18. The van der Waals surface area contributed by atoms with Crippen LogP contribution in [0.15, 0.2) is 45.8 Å². The molecule has 0 N–H and O–H groups in total. The summed E-state index contributed by atoms with van der Waals surface area (Å²) in [6.45, 7) is 0.447. The third-order valence-electron chi connectivity index (χ3n) is 2.46. The van der Waals surface area contributed by atoms with Gasteiger partial charge in [0.05, 0.1) is 3.57 Å². The van der Waals surface area contributed by atoms with Crippen LogP contribution in [0.3, 0.4) is 0 Å². The zero-order chi connectivity index (χ0) is 13.1. The molecule has 0 fully saturated rings. The molecule has 0 spiro atoms. The topological polar surface area (TPSA) is 31.2 Å². The van der Waals surface area contributed by atoms with Gasteiger partial charge >= 0.3 is 0 Å². The number of hydrogen-bond acceptors (Lipinski definition) is 2. The Kier molecular flexibility index (Phi) is 4.45. The van der Waals surface area contributed by atoms with Crippen molar-refractivity contribution in [1.29, 1.82) is 0 Å². The van der Waals surface area contributed by atoms with Crippen LogP contribution in [0.2, 0.25) is 0 Å². The standard InChI is InChI=1S/C13H11BrINO2/c1-16-7-10(15)12(11(14)13(16)17)18-8-9-5-3-2-4-6-9/h2-7H,8H2,1H3. The molecule has 0 unspecified atom stereocenters. The van der Waals surface area contributed by atoms with Crippen molar-refractivity contribution < 1.29 is 4.74 Å². The summed E-state index contributed by atoms with van der Waals surface area (Å²) in [7, 11) is 1.72. The minimum atomic E-state index is -0.0986. The van der Waals surface area contributed by atoms with Crippen LogP contribution in [0.5, 0.6) is 5.75 Å². The van der Waals surface area contributed by atoms with Crippen molar-refractivity contribution in [1.82, 2.24) is 4.57 Å². The van der Waals surface area contributed by atoms with Gasteiger partial charge in [-0.1, -0.05) is 30.3 Å². The quantitative estimate of drug-likeness (QED) is 0.714. The molecule has 0 bridgehead atoms. The fraction of sp³-hybridized carbons (Fsp3) is 0.154. The number of hydrogen-bond donors (Lipinski definition) is 0. The first-order valence-corrected chi connectivity index (χ1v) is 7.18. The maximum atomic E-state index is 11.8. The Morgan fingerprint density at radius 3 is 2.67 bits per heavy atom. The van der Waals surface area contributed by atoms with Gasteiger partial charge in [0, 0.05) is 13.2 Å². The normalized spacial score (nSPS) is 10.4. The minimum absolute atomic E-state index is 0.0986. The SMILES string of the molecule is Cn1cc(I)c(OCc2ccccc2)c(Br)c1=O. The molecule has 18 heavy (non-hydrogen) atoms. The van der Waals surface area contributed by atoms with E-state index in [1.165, 1.54) is 4.57 Å². The van der Waals surface area contributed by atoms with Crippen LogP contribution in [0, 0.1) is 3.57 Å². The van der Waals surface area contributed by atoms with Crippen LogP contribution < -0.4 is 10.3 Å². The summed E-state index contributed by atoms with van der Waals surface area (Å²) in [5.74, 6) is 0.600. The average Bonchev–Trinajstić information content (AvgIpc) is 2.37. The second-order valence-electron chi connectivity index (χ2n) is 3.81. The van der Waals surface area contributed by atoms with Crippen molar-refractivity contribution in [2.45, 2.75) is 6.61 Å². The molecular formula is C13H11BrINO2. The number of rotatable bonds is 3. The predicted octanol–water partition coefficient (Wildman–Crippen LogP) is 3.33. The van der Waals surface area contributed by atoms with E-state index in [1.807, 2.05) is 30.3 Å². The van der Waals surface area contributed by atoms with Gasteiger partial charge in [-0.25, -0.2) is 0 Å². The molecule has 2 rings (SSSR count). The van der Waals surface area contributed by atoms with Gasteiger partial charge in [0.2, 0.25) is 0 Å². The monoisotopic (exact) mass is 419 g/mol. The molecule has 2 aromatic rings. The van der Waals surface area contributed by atoms with Gasteiger partial charge in [0.25, 0.3) is 5.56 Å². The van der Waals surface area contributed by atoms with E-state index in [4.69, 9.17) is 4.74 Å². The van der Waals surface area contributed by atoms with Gasteiger partial charge in [-0.2, -0.15) is 0 Å². The molecule has 1 aromatic carbocycles. The Morgan fingerprint density at radius 2 is 2.00 bits per heavy atom. The van der Waals surface area contributed by atoms with E-state index in [-0.39, 0.29) is 5.56 Å². The van der Waals surface area contributed by atoms with E-state index < -0.39 is 0 Å². The summed E-state index contributed by atoms with van der Waals surface area (Å²) in [6.07, 6.45) is 1.76. The van der Waals surface area contributed by atoms with Crippen molar-refractivity contribution in [3.8, 4) is 5.75 Å². The molecule has 0 radical (unpaired) electrons. The minimum Gasteiger partial charge on any atom is -0.486 e. The van der Waals surface area contributed by atoms with Crippen LogP contribution in [-0.4, -0.2) is 4.57 Å². The highest BCUT2D eigenvalue weighted by molar-refractivity contribution is 14.1. The summed E-state index contributed by atoms with van der Waals surface area (Å²) in [5, 5.41) is 0. The molecule has 0 amide bonds. The van der Waals surface area contributed by atoms with Gasteiger partial charge in [-0.05, 0) is 44.1 Å². The Morgan fingerprint density at radius 1 is 1.33 bits per heavy atom. The Balaban J connectivity index is 2.25. The van der Waals surface area contributed by atoms with Crippen molar-refractivity contribution in [2.24, 2.45) is 7.05 Å². The smallest absolute Gasteiger partial charge is 0.268 e. The molecule has 0 aliphatic rings. The Labute approximate surface area is 127 Å². The van der Waals surface area contributed by atoms with Gasteiger partial charge in [0.1, 0.15) is 11.1 Å². The van der Waals surface area contributed by atoms with Crippen LogP contribution in [-0.2, 0) is 13.7 Å². The van der Waals surface area contributed by atoms with Crippen molar-refractivity contribution in [3.63, 3.8) is 0 Å². The number of ether oxygens (including phenoxy) is 1. The molecule has 0 atom stereocenters. The van der Waals surface area contributed by atoms with E-state index in [2.05, 4.69) is 38.5 Å². The number of halogens is 2. The third kappa shape index (κ3) is 2.95. The fourth-order valence-corrected chi connectivity index (χ4v) is 3.33. The second-order valence-corrected chi connectivity index (χ2v) is 5.77. The van der Waals surface area contributed by atoms with Crippen molar-refractivity contribution in [2.75, 3.05) is 0 Å². The highest BCUT2D eigenvalue weighted by atomic mass is 127. The zero-order valence-corrected chi connectivity index (χ0v) is 13.4. The second kappa shape index (κ2) is 5.88. The van der Waals surface area contributed by atoms with Crippen molar-refractivity contribution >= 4 is 38.5 Å². The first-order chi connectivity index (χ1) is 8.59. The molecule has 3 nitrogen and oxygen atoms in total. The molecule has 0 aliphatic carbocycles. The molecule has 1 aromatic heterocycles. The van der Waals surface area contributed by atoms with Crippen LogP contribution in [0.4, 0.5) is 0 Å². The highest BCUT2D eigenvalue weighted by Gasteiger charge is 2.12. The van der Waals surface area contributed by atoms with Gasteiger partial charge < -0.3 is 9.30 Å². The van der Waals surface area contributed by atoms with E-state index in [0.717, 1.165) is 9.13 Å². The van der Waals surface area contributed by atoms with E-state index in [1.54, 1.807) is 13.2 Å². The lowest BCUT2D eigenvalue weighted by Gasteiger charge is -2.11. The van der Waals surface area contributed by atoms with E-state index in [9.17, 15) is 4.79 Å².